The van der Waals surface area contributed by atoms with Gasteiger partial charge in [-0.3, -0.25) is 0 Å². The Morgan fingerprint density at radius 1 is 1.17 bits per heavy atom. The average Bonchev–Trinajstić information content (AvgIpc) is 2.07. The first kappa shape index (κ1) is 10.3. The zero-order valence-electron chi connectivity index (χ0n) is 8.10. The molecule has 2 aliphatic carbocycles. The van der Waals surface area contributed by atoms with Crippen LogP contribution in [0.25, 0.3) is 0 Å². The van der Waals surface area contributed by atoms with Crippen LogP contribution in [0.5, 0.6) is 0 Å². The third kappa shape index (κ3) is 1.18. The normalized spacial score (nSPS) is 43.8. The highest BCUT2D eigenvalue weighted by molar-refractivity contribution is 5.85. The zero-order chi connectivity index (χ0) is 8.11. The van der Waals surface area contributed by atoms with Crippen LogP contribution in [0, 0.1) is 10.8 Å². The van der Waals surface area contributed by atoms with Gasteiger partial charge in [-0.15, -0.1) is 12.4 Å². The standard InChI is InChI=1S/C10H19N.ClH/c1-9(2)4-3-5-10(9)6-8(11)7-10;/h8H,3-7,11H2,1-2H3;1H. The lowest BCUT2D eigenvalue weighted by atomic mass is 9.54. The SMILES string of the molecule is CC1(C)CCCC12CC(N)C2.Cl. The van der Waals surface area contributed by atoms with Gasteiger partial charge in [0.25, 0.3) is 0 Å². The summed E-state index contributed by atoms with van der Waals surface area (Å²) in [5, 5.41) is 0. The Kier molecular flexibility index (Phi) is 2.48. The second kappa shape index (κ2) is 2.88. The summed E-state index contributed by atoms with van der Waals surface area (Å²) in [4.78, 5) is 0. The Balaban J connectivity index is 0.000000720. The van der Waals surface area contributed by atoms with E-state index in [0.29, 0.717) is 16.9 Å². The molecule has 0 saturated heterocycles. The summed E-state index contributed by atoms with van der Waals surface area (Å²) in [6.07, 6.45) is 6.87. The van der Waals surface area contributed by atoms with E-state index in [1.54, 1.807) is 0 Å². The minimum atomic E-state index is 0. The summed E-state index contributed by atoms with van der Waals surface area (Å²) in [5.74, 6) is 0. The minimum absolute atomic E-state index is 0. The van der Waals surface area contributed by atoms with Crippen molar-refractivity contribution in [3.63, 3.8) is 0 Å². The van der Waals surface area contributed by atoms with E-state index in [2.05, 4.69) is 13.8 Å². The summed E-state index contributed by atoms with van der Waals surface area (Å²) in [6.45, 7) is 4.84. The third-order valence-corrected chi connectivity index (χ3v) is 4.20. The van der Waals surface area contributed by atoms with Gasteiger partial charge < -0.3 is 5.73 Å². The first-order chi connectivity index (χ1) is 5.06. The van der Waals surface area contributed by atoms with Crippen molar-refractivity contribution < 1.29 is 0 Å². The lowest BCUT2D eigenvalue weighted by Gasteiger charge is -2.52. The maximum atomic E-state index is 5.85. The van der Waals surface area contributed by atoms with Gasteiger partial charge in [-0.2, -0.15) is 0 Å². The van der Waals surface area contributed by atoms with Gasteiger partial charge in [0.15, 0.2) is 0 Å². The van der Waals surface area contributed by atoms with Crippen molar-refractivity contribution in [2.75, 3.05) is 0 Å². The average molecular weight is 190 g/mol. The summed E-state index contributed by atoms with van der Waals surface area (Å²) in [5.41, 5.74) is 7.10. The molecular formula is C10H20ClN. The highest BCUT2D eigenvalue weighted by atomic mass is 35.5. The lowest BCUT2D eigenvalue weighted by molar-refractivity contribution is -0.000964. The van der Waals surface area contributed by atoms with E-state index in [-0.39, 0.29) is 12.4 Å². The first-order valence-electron chi connectivity index (χ1n) is 4.81. The van der Waals surface area contributed by atoms with Gasteiger partial charge in [-0.25, -0.2) is 0 Å². The van der Waals surface area contributed by atoms with Crippen molar-refractivity contribution in [1.29, 1.82) is 0 Å². The van der Waals surface area contributed by atoms with Crippen LogP contribution in [0.1, 0.15) is 46.0 Å². The summed E-state index contributed by atoms with van der Waals surface area (Å²) in [6, 6.07) is 0.521. The van der Waals surface area contributed by atoms with Crippen LogP contribution in [0.3, 0.4) is 0 Å². The molecule has 2 heteroatoms. The summed E-state index contributed by atoms with van der Waals surface area (Å²) < 4.78 is 0. The summed E-state index contributed by atoms with van der Waals surface area (Å²) in [7, 11) is 0. The molecule has 2 fully saturated rings. The van der Waals surface area contributed by atoms with Crippen LogP contribution in [-0.2, 0) is 0 Å². The van der Waals surface area contributed by atoms with Gasteiger partial charge in [-0.05, 0) is 36.5 Å². The van der Waals surface area contributed by atoms with Crippen molar-refractivity contribution in [1.82, 2.24) is 0 Å². The topological polar surface area (TPSA) is 26.0 Å². The first-order valence-corrected chi connectivity index (χ1v) is 4.81. The monoisotopic (exact) mass is 189 g/mol. The highest BCUT2D eigenvalue weighted by Gasteiger charge is 2.54. The van der Waals surface area contributed by atoms with Crippen LogP contribution in [-0.4, -0.2) is 6.04 Å². The molecule has 2 aliphatic rings. The predicted octanol–water partition coefficient (Wildman–Crippen LogP) is 2.73. The molecule has 12 heavy (non-hydrogen) atoms. The van der Waals surface area contributed by atoms with E-state index >= 15 is 0 Å². The highest BCUT2D eigenvalue weighted by Crippen LogP contribution is 2.62. The third-order valence-electron chi connectivity index (χ3n) is 4.20. The molecule has 0 aromatic carbocycles. The van der Waals surface area contributed by atoms with E-state index in [1.165, 1.54) is 32.1 Å². The van der Waals surface area contributed by atoms with Crippen molar-refractivity contribution in [2.24, 2.45) is 16.6 Å². The fourth-order valence-corrected chi connectivity index (χ4v) is 3.17. The Morgan fingerprint density at radius 2 is 1.75 bits per heavy atom. The molecule has 0 bridgehead atoms. The second-order valence-electron chi connectivity index (χ2n) is 5.19. The molecule has 0 aromatic heterocycles. The summed E-state index contributed by atoms with van der Waals surface area (Å²) >= 11 is 0. The van der Waals surface area contributed by atoms with Gasteiger partial charge in [0.2, 0.25) is 0 Å². The lowest BCUT2D eigenvalue weighted by Crippen LogP contribution is -2.51. The van der Waals surface area contributed by atoms with Gasteiger partial charge in [-0.1, -0.05) is 20.3 Å². The van der Waals surface area contributed by atoms with E-state index in [0.717, 1.165) is 0 Å². The van der Waals surface area contributed by atoms with Crippen molar-refractivity contribution in [2.45, 2.75) is 52.0 Å². The van der Waals surface area contributed by atoms with Gasteiger partial charge in [0.1, 0.15) is 0 Å². The fourth-order valence-electron chi connectivity index (χ4n) is 3.17. The molecule has 0 aromatic rings. The Hall–Kier alpha value is 0.250. The Labute approximate surface area is 81.5 Å². The smallest absolute Gasteiger partial charge is 0.00498 e. The number of hydrogen-bond donors (Lipinski definition) is 1. The zero-order valence-corrected chi connectivity index (χ0v) is 8.91. The number of rotatable bonds is 0. The molecule has 0 radical (unpaired) electrons. The molecule has 1 spiro atoms. The van der Waals surface area contributed by atoms with Crippen molar-refractivity contribution in [3.8, 4) is 0 Å². The van der Waals surface area contributed by atoms with Crippen LogP contribution >= 0.6 is 12.4 Å². The predicted molar refractivity (Wildman–Crippen MR) is 54.5 cm³/mol. The van der Waals surface area contributed by atoms with Crippen LogP contribution < -0.4 is 5.73 Å². The van der Waals surface area contributed by atoms with Gasteiger partial charge in [0, 0.05) is 6.04 Å². The Bertz CT molecular complexity index is 171. The molecule has 0 amide bonds. The van der Waals surface area contributed by atoms with Gasteiger partial charge >= 0.3 is 0 Å². The van der Waals surface area contributed by atoms with Crippen molar-refractivity contribution >= 4 is 12.4 Å². The number of halogens is 1. The van der Waals surface area contributed by atoms with E-state index in [4.69, 9.17) is 5.73 Å². The van der Waals surface area contributed by atoms with Crippen LogP contribution in [0.15, 0.2) is 0 Å². The fraction of sp³-hybridized carbons (Fsp3) is 1.00. The molecule has 0 atom stereocenters. The molecule has 0 heterocycles. The number of nitrogens with two attached hydrogens (primary N) is 1. The molecule has 72 valence electrons. The molecule has 0 unspecified atom stereocenters. The maximum absolute atomic E-state index is 5.85. The van der Waals surface area contributed by atoms with E-state index in [1.807, 2.05) is 0 Å². The molecule has 1 nitrogen and oxygen atoms in total. The molecular weight excluding hydrogens is 170 g/mol. The Morgan fingerprint density at radius 3 is 2.08 bits per heavy atom. The largest absolute Gasteiger partial charge is 0.328 e. The van der Waals surface area contributed by atoms with Crippen molar-refractivity contribution in [3.05, 3.63) is 0 Å². The maximum Gasteiger partial charge on any atom is 0.00498 e. The quantitative estimate of drug-likeness (QED) is 0.623. The van der Waals surface area contributed by atoms with Crippen LogP contribution in [0.4, 0.5) is 0 Å². The minimum Gasteiger partial charge on any atom is -0.328 e. The van der Waals surface area contributed by atoms with Gasteiger partial charge in [0.05, 0.1) is 0 Å². The number of hydrogen-bond acceptors (Lipinski definition) is 1. The molecule has 2 saturated carbocycles. The second-order valence-corrected chi connectivity index (χ2v) is 5.19. The molecule has 2 N–H and O–H groups in total. The molecule has 0 aliphatic heterocycles. The van der Waals surface area contributed by atoms with E-state index in [9.17, 15) is 0 Å². The molecule has 2 rings (SSSR count). The van der Waals surface area contributed by atoms with Crippen LogP contribution in [0.2, 0.25) is 0 Å². The van der Waals surface area contributed by atoms with E-state index < -0.39 is 0 Å².